The molecule has 0 aromatic heterocycles. The summed E-state index contributed by atoms with van der Waals surface area (Å²) in [5, 5.41) is 10.1. The lowest BCUT2D eigenvalue weighted by Gasteiger charge is -2.20. The molecule has 3 rings (SSSR count). The molecule has 0 radical (unpaired) electrons. The van der Waals surface area contributed by atoms with Crippen LogP contribution in [0, 0.1) is 11.3 Å². The zero-order valence-corrected chi connectivity index (χ0v) is 21.4. The van der Waals surface area contributed by atoms with Crippen LogP contribution in [0.2, 0.25) is 0 Å². The lowest BCUT2D eigenvalue weighted by Crippen LogP contribution is -2.23. The van der Waals surface area contributed by atoms with Gasteiger partial charge in [0.15, 0.2) is 0 Å². The SMILES string of the molecule is CCOC(=O)CC1(CCC(/C=C/c2ccccc2O)Cc2ccc(C(=O)OC(C)(C)C)cc2)CC1. The van der Waals surface area contributed by atoms with E-state index in [-0.39, 0.29) is 29.0 Å². The van der Waals surface area contributed by atoms with Crippen molar-refractivity contribution in [3.63, 3.8) is 0 Å². The molecule has 1 unspecified atom stereocenters. The van der Waals surface area contributed by atoms with E-state index in [0.29, 0.717) is 18.6 Å². The van der Waals surface area contributed by atoms with Gasteiger partial charge in [0, 0.05) is 5.56 Å². The van der Waals surface area contributed by atoms with Crippen molar-refractivity contribution < 1.29 is 24.2 Å². The Balaban J connectivity index is 1.70. The second kappa shape index (κ2) is 11.6. The highest BCUT2D eigenvalue weighted by Crippen LogP contribution is 2.53. The van der Waals surface area contributed by atoms with E-state index < -0.39 is 5.60 Å². The number of hydrogen-bond acceptors (Lipinski definition) is 5. The molecule has 0 heterocycles. The molecule has 1 fully saturated rings. The van der Waals surface area contributed by atoms with Gasteiger partial charge < -0.3 is 14.6 Å². The number of allylic oxidation sites excluding steroid dienone is 1. The van der Waals surface area contributed by atoms with Gasteiger partial charge in [0.25, 0.3) is 0 Å². The van der Waals surface area contributed by atoms with Crippen LogP contribution < -0.4 is 0 Å². The molecule has 0 spiro atoms. The van der Waals surface area contributed by atoms with Crippen LogP contribution in [0.1, 0.15) is 81.3 Å². The standard InChI is InChI=1S/C30H38O5/c1-5-34-27(32)21-30(18-19-30)17-16-23(10-13-24-8-6-7-9-26(24)31)20-22-11-14-25(15-12-22)28(33)35-29(2,3)4/h6-15,23,31H,5,16-21H2,1-4H3/b13-10+. The third-order valence-electron chi connectivity index (χ3n) is 6.40. The summed E-state index contributed by atoms with van der Waals surface area (Å²) >= 11 is 0. The van der Waals surface area contributed by atoms with Gasteiger partial charge in [-0.25, -0.2) is 4.79 Å². The minimum Gasteiger partial charge on any atom is -0.507 e. The van der Waals surface area contributed by atoms with Gasteiger partial charge in [-0.3, -0.25) is 4.79 Å². The Hall–Kier alpha value is -3.08. The number of ether oxygens (including phenoxy) is 2. The van der Waals surface area contributed by atoms with Gasteiger partial charge in [0.1, 0.15) is 11.4 Å². The van der Waals surface area contributed by atoms with Crippen LogP contribution in [0.25, 0.3) is 6.08 Å². The van der Waals surface area contributed by atoms with Crippen molar-refractivity contribution in [1.29, 1.82) is 0 Å². The third-order valence-corrected chi connectivity index (χ3v) is 6.40. The maximum Gasteiger partial charge on any atom is 0.338 e. The number of carbonyl (C=O) groups excluding carboxylic acids is 2. The number of benzene rings is 2. The van der Waals surface area contributed by atoms with Crippen LogP contribution in [0.15, 0.2) is 54.6 Å². The molecule has 0 amide bonds. The Bertz CT molecular complexity index is 1030. The zero-order valence-electron chi connectivity index (χ0n) is 21.4. The molecule has 1 N–H and O–H groups in total. The van der Waals surface area contributed by atoms with E-state index in [9.17, 15) is 14.7 Å². The summed E-state index contributed by atoms with van der Waals surface area (Å²) in [5.74, 6) is 0.0468. The summed E-state index contributed by atoms with van der Waals surface area (Å²) in [4.78, 5) is 24.4. The number of aromatic hydroxyl groups is 1. The van der Waals surface area contributed by atoms with Crippen molar-refractivity contribution >= 4 is 18.0 Å². The molecule has 1 aliphatic carbocycles. The van der Waals surface area contributed by atoms with Crippen LogP contribution in [0.5, 0.6) is 5.75 Å². The summed E-state index contributed by atoms with van der Waals surface area (Å²) in [5.41, 5.74) is 1.98. The molecular weight excluding hydrogens is 440 g/mol. The molecule has 2 aromatic rings. The smallest absolute Gasteiger partial charge is 0.338 e. The average Bonchev–Trinajstić information content (AvgIpc) is 3.55. The number of phenols is 1. The van der Waals surface area contributed by atoms with E-state index in [2.05, 4.69) is 6.08 Å². The average molecular weight is 479 g/mol. The number of phenolic OH excluding ortho intramolecular Hbond substituents is 1. The minimum atomic E-state index is -0.531. The largest absolute Gasteiger partial charge is 0.507 e. The zero-order chi connectivity index (χ0) is 25.5. The second-order valence-electron chi connectivity index (χ2n) is 10.6. The number of esters is 2. The highest BCUT2D eigenvalue weighted by atomic mass is 16.6. The van der Waals surface area contributed by atoms with Crippen LogP contribution in [-0.2, 0) is 20.7 Å². The van der Waals surface area contributed by atoms with Crippen LogP contribution >= 0.6 is 0 Å². The first-order valence-electron chi connectivity index (χ1n) is 12.5. The van der Waals surface area contributed by atoms with Crippen LogP contribution in [-0.4, -0.2) is 29.3 Å². The molecule has 0 aliphatic heterocycles. The first-order valence-corrected chi connectivity index (χ1v) is 12.5. The monoisotopic (exact) mass is 478 g/mol. The van der Waals surface area contributed by atoms with Gasteiger partial charge in [-0.15, -0.1) is 0 Å². The number of carbonyl (C=O) groups is 2. The lowest BCUT2D eigenvalue weighted by molar-refractivity contribution is -0.144. The van der Waals surface area contributed by atoms with Crippen molar-refractivity contribution in [1.82, 2.24) is 0 Å². The van der Waals surface area contributed by atoms with Crippen molar-refractivity contribution in [2.45, 2.75) is 71.8 Å². The molecule has 2 aromatic carbocycles. The van der Waals surface area contributed by atoms with E-state index in [1.165, 1.54) is 0 Å². The first-order chi connectivity index (χ1) is 16.6. The van der Waals surface area contributed by atoms with Crippen LogP contribution in [0.4, 0.5) is 0 Å². The van der Waals surface area contributed by atoms with Crippen molar-refractivity contribution in [2.24, 2.45) is 11.3 Å². The Morgan fingerprint density at radius 1 is 1.09 bits per heavy atom. The molecular formula is C30H38O5. The van der Waals surface area contributed by atoms with Gasteiger partial charge >= 0.3 is 11.9 Å². The van der Waals surface area contributed by atoms with Crippen molar-refractivity contribution in [3.8, 4) is 5.75 Å². The predicted octanol–water partition coefficient (Wildman–Crippen LogP) is 6.73. The van der Waals surface area contributed by atoms with Crippen molar-refractivity contribution in [2.75, 3.05) is 6.61 Å². The highest BCUT2D eigenvalue weighted by molar-refractivity contribution is 5.89. The normalized spacial score (nSPS) is 15.5. The van der Waals surface area contributed by atoms with Gasteiger partial charge in [0.2, 0.25) is 0 Å². The summed E-state index contributed by atoms with van der Waals surface area (Å²) < 4.78 is 10.6. The maximum atomic E-state index is 12.3. The van der Waals surface area contributed by atoms with E-state index in [0.717, 1.165) is 43.2 Å². The van der Waals surface area contributed by atoms with Crippen molar-refractivity contribution in [3.05, 3.63) is 71.3 Å². The Kier molecular flexibility index (Phi) is 8.76. The van der Waals surface area contributed by atoms with E-state index in [1.807, 2.05) is 76.2 Å². The molecule has 0 bridgehead atoms. The molecule has 188 valence electrons. The summed E-state index contributed by atoms with van der Waals surface area (Å²) in [6.45, 7) is 7.82. The highest BCUT2D eigenvalue weighted by Gasteiger charge is 2.44. The Labute approximate surface area is 209 Å². The maximum absolute atomic E-state index is 12.3. The fourth-order valence-corrected chi connectivity index (χ4v) is 4.25. The molecule has 1 saturated carbocycles. The summed E-state index contributed by atoms with van der Waals surface area (Å²) in [7, 11) is 0. The van der Waals surface area contributed by atoms with Gasteiger partial charge in [-0.2, -0.15) is 0 Å². The number of hydrogen-bond donors (Lipinski definition) is 1. The molecule has 1 atom stereocenters. The lowest BCUT2D eigenvalue weighted by atomic mass is 9.87. The number of para-hydroxylation sites is 1. The molecule has 5 heteroatoms. The first kappa shape index (κ1) is 26.5. The quantitative estimate of drug-likeness (QED) is 0.362. The van der Waals surface area contributed by atoms with Gasteiger partial charge in [-0.1, -0.05) is 42.5 Å². The summed E-state index contributed by atoms with van der Waals surface area (Å²) in [6, 6.07) is 14.9. The molecule has 0 saturated heterocycles. The second-order valence-corrected chi connectivity index (χ2v) is 10.6. The van der Waals surface area contributed by atoms with E-state index in [4.69, 9.17) is 9.47 Å². The predicted molar refractivity (Wildman–Crippen MR) is 138 cm³/mol. The fraction of sp³-hybridized carbons (Fsp3) is 0.467. The fourth-order valence-electron chi connectivity index (χ4n) is 4.25. The number of rotatable bonds is 11. The summed E-state index contributed by atoms with van der Waals surface area (Å²) in [6.07, 6.45) is 9.42. The van der Waals surface area contributed by atoms with Crippen LogP contribution in [0.3, 0.4) is 0 Å². The Morgan fingerprint density at radius 2 is 1.77 bits per heavy atom. The molecule has 1 aliphatic rings. The minimum absolute atomic E-state index is 0.0633. The van der Waals surface area contributed by atoms with Gasteiger partial charge in [0.05, 0.1) is 18.6 Å². The van der Waals surface area contributed by atoms with E-state index >= 15 is 0 Å². The van der Waals surface area contributed by atoms with Gasteiger partial charge in [-0.05, 0) is 94.9 Å². The topological polar surface area (TPSA) is 72.8 Å². The molecule has 35 heavy (non-hydrogen) atoms. The Morgan fingerprint density at radius 3 is 2.37 bits per heavy atom. The third kappa shape index (κ3) is 8.57. The van der Waals surface area contributed by atoms with E-state index in [1.54, 1.807) is 6.07 Å². The molecule has 5 nitrogen and oxygen atoms in total.